The molecule has 5 nitrogen and oxygen atoms in total. The molecule has 2 amide bonds. The molecule has 0 aliphatic carbocycles. The second-order valence-corrected chi connectivity index (χ2v) is 4.59. The summed E-state index contributed by atoms with van der Waals surface area (Å²) < 4.78 is 36.0. The van der Waals surface area contributed by atoms with E-state index in [1.54, 1.807) is 0 Å². The Morgan fingerprint density at radius 3 is 2.32 bits per heavy atom. The second-order valence-electron chi connectivity index (χ2n) is 4.59. The van der Waals surface area contributed by atoms with Gasteiger partial charge in [0.2, 0.25) is 0 Å². The van der Waals surface area contributed by atoms with Crippen molar-refractivity contribution in [3.8, 4) is 0 Å². The fraction of sp³-hybridized carbons (Fsp3) is 0.909. The fourth-order valence-corrected chi connectivity index (χ4v) is 2.15. The third-order valence-electron chi connectivity index (χ3n) is 3.30. The molecular weight excluding hydrogens is 261 g/mol. The minimum absolute atomic E-state index is 0.278. The molecule has 1 saturated heterocycles. The van der Waals surface area contributed by atoms with Gasteiger partial charge in [0, 0.05) is 38.8 Å². The average molecular weight is 282 g/mol. The lowest BCUT2D eigenvalue weighted by Crippen LogP contribution is -2.56. The van der Waals surface area contributed by atoms with Gasteiger partial charge in [0.1, 0.15) is 6.54 Å². The molecule has 3 N–H and O–H groups in total. The van der Waals surface area contributed by atoms with Gasteiger partial charge in [-0.1, -0.05) is 6.92 Å². The zero-order valence-electron chi connectivity index (χ0n) is 11.0. The Hall–Kier alpha value is -1.02. The molecule has 1 atom stereocenters. The van der Waals surface area contributed by atoms with E-state index in [2.05, 4.69) is 4.90 Å². The van der Waals surface area contributed by atoms with Crippen LogP contribution in [0.1, 0.15) is 13.3 Å². The molecule has 1 aliphatic heterocycles. The molecule has 8 heteroatoms. The van der Waals surface area contributed by atoms with E-state index in [0.29, 0.717) is 32.7 Å². The monoisotopic (exact) mass is 282 g/mol. The maximum absolute atomic E-state index is 12.0. The summed E-state index contributed by atoms with van der Waals surface area (Å²) in [5.41, 5.74) is 5.64. The SMILES string of the molecule is CCC(CN)N1CCN(C(=O)NCC(F)(F)F)CC1. The van der Waals surface area contributed by atoms with E-state index in [1.165, 1.54) is 4.90 Å². The van der Waals surface area contributed by atoms with E-state index in [9.17, 15) is 18.0 Å². The molecule has 1 aliphatic rings. The summed E-state index contributed by atoms with van der Waals surface area (Å²) in [6, 6.07) is -0.377. The van der Waals surface area contributed by atoms with E-state index >= 15 is 0 Å². The van der Waals surface area contributed by atoms with Crippen molar-refractivity contribution in [2.45, 2.75) is 25.6 Å². The lowest BCUT2D eigenvalue weighted by Gasteiger charge is -2.38. The summed E-state index contributed by atoms with van der Waals surface area (Å²) >= 11 is 0. The zero-order valence-corrected chi connectivity index (χ0v) is 11.0. The molecular formula is C11H21F3N4O. The van der Waals surface area contributed by atoms with Crippen LogP contribution in [0.4, 0.5) is 18.0 Å². The number of hydrogen-bond donors (Lipinski definition) is 2. The van der Waals surface area contributed by atoms with Crippen LogP contribution in [0.2, 0.25) is 0 Å². The fourth-order valence-electron chi connectivity index (χ4n) is 2.15. The summed E-state index contributed by atoms with van der Waals surface area (Å²) in [7, 11) is 0. The van der Waals surface area contributed by atoms with Gasteiger partial charge < -0.3 is 16.0 Å². The third kappa shape index (κ3) is 5.23. The quantitative estimate of drug-likeness (QED) is 0.794. The average Bonchev–Trinajstić information content (AvgIpc) is 2.37. The van der Waals surface area contributed by atoms with Gasteiger partial charge >= 0.3 is 12.2 Å². The van der Waals surface area contributed by atoms with Gasteiger partial charge in [-0.2, -0.15) is 13.2 Å². The van der Waals surface area contributed by atoms with Crippen molar-refractivity contribution in [2.24, 2.45) is 5.73 Å². The predicted molar refractivity (Wildman–Crippen MR) is 65.7 cm³/mol. The number of halogens is 3. The summed E-state index contributed by atoms with van der Waals surface area (Å²) in [6.07, 6.45) is -3.44. The van der Waals surface area contributed by atoms with Crippen LogP contribution in [-0.2, 0) is 0 Å². The highest BCUT2D eigenvalue weighted by Gasteiger charge is 2.30. The van der Waals surface area contributed by atoms with Crippen molar-refractivity contribution in [3.05, 3.63) is 0 Å². The van der Waals surface area contributed by atoms with Crippen molar-refractivity contribution in [3.63, 3.8) is 0 Å². The Labute approximate surface area is 110 Å². The van der Waals surface area contributed by atoms with Crippen LogP contribution in [0.3, 0.4) is 0 Å². The number of alkyl halides is 3. The zero-order chi connectivity index (χ0) is 14.5. The van der Waals surface area contributed by atoms with Crippen molar-refractivity contribution < 1.29 is 18.0 Å². The normalized spacial score (nSPS) is 19.3. The summed E-state index contributed by atoms with van der Waals surface area (Å²) in [4.78, 5) is 15.1. The Morgan fingerprint density at radius 1 is 1.32 bits per heavy atom. The van der Waals surface area contributed by atoms with Gasteiger partial charge in [-0.05, 0) is 6.42 Å². The van der Waals surface area contributed by atoms with Crippen molar-refractivity contribution in [2.75, 3.05) is 39.3 Å². The van der Waals surface area contributed by atoms with Crippen LogP contribution in [0.25, 0.3) is 0 Å². The Morgan fingerprint density at radius 2 is 1.89 bits per heavy atom. The summed E-state index contributed by atoms with van der Waals surface area (Å²) in [5, 5.41) is 1.88. The molecule has 1 rings (SSSR count). The van der Waals surface area contributed by atoms with Crippen LogP contribution < -0.4 is 11.1 Å². The van der Waals surface area contributed by atoms with E-state index < -0.39 is 18.8 Å². The molecule has 0 aromatic carbocycles. The first-order valence-corrected chi connectivity index (χ1v) is 6.41. The number of nitrogens with zero attached hydrogens (tertiary/aromatic N) is 2. The minimum Gasteiger partial charge on any atom is -0.329 e. The smallest absolute Gasteiger partial charge is 0.329 e. The Balaban J connectivity index is 2.35. The Bertz CT molecular complexity index is 286. The number of rotatable bonds is 4. The van der Waals surface area contributed by atoms with Gasteiger partial charge in [0.05, 0.1) is 0 Å². The largest absolute Gasteiger partial charge is 0.405 e. The highest BCUT2D eigenvalue weighted by molar-refractivity contribution is 5.74. The van der Waals surface area contributed by atoms with E-state index in [4.69, 9.17) is 5.73 Å². The predicted octanol–water partition coefficient (Wildman–Crippen LogP) is 0.613. The molecule has 1 fully saturated rings. The molecule has 0 aromatic rings. The first kappa shape index (κ1) is 16.0. The van der Waals surface area contributed by atoms with Crippen LogP contribution in [0.5, 0.6) is 0 Å². The molecule has 1 heterocycles. The molecule has 112 valence electrons. The van der Waals surface area contributed by atoms with Gasteiger partial charge in [0.25, 0.3) is 0 Å². The van der Waals surface area contributed by atoms with Crippen LogP contribution in [0.15, 0.2) is 0 Å². The second kappa shape index (κ2) is 6.95. The molecule has 0 saturated carbocycles. The van der Waals surface area contributed by atoms with Crippen molar-refractivity contribution >= 4 is 6.03 Å². The first-order valence-electron chi connectivity index (χ1n) is 6.41. The van der Waals surface area contributed by atoms with Gasteiger partial charge in [-0.25, -0.2) is 4.79 Å². The Kier molecular flexibility index (Phi) is 5.86. The highest BCUT2D eigenvalue weighted by Crippen LogP contribution is 2.13. The number of hydrogen-bond acceptors (Lipinski definition) is 3. The molecule has 19 heavy (non-hydrogen) atoms. The minimum atomic E-state index is -4.37. The first-order chi connectivity index (χ1) is 8.87. The highest BCUT2D eigenvalue weighted by atomic mass is 19.4. The summed E-state index contributed by atoms with van der Waals surface area (Å²) in [5.74, 6) is 0. The maximum atomic E-state index is 12.0. The number of nitrogens with one attached hydrogen (secondary N) is 1. The van der Waals surface area contributed by atoms with Gasteiger partial charge in [-0.3, -0.25) is 4.90 Å². The van der Waals surface area contributed by atoms with Crippen LogP contribution >= 0.6 is 0 Å². The molecule has 0 spiro atoms. The topological polar surface area (TPSA) is 61.6 Å². The van der Waals surface area contributed by atoms with Gasteiger partial charge in [0.15, 0.2) is 0 Å². The lowest BCUT2D eigenvalue weighted by atomic mass is 10.1. The number of piperazine rings is 1. The summed E-state index contributed by atoms with van der Waals surface area (Å²) in [6.45, 7) is 3.47. The van der Waals surface area contributed by atoms with E-state index in [-0.39, 0.29) is 6.04 Å². The molecule has 0 radical (unpaired) electrons. The van der Waals surface area contributed by atoms with Crippen LogP contribution in [-0.4, -0.2) is 67.3 Å². The number of carbonyl (C=O) groups is 1. The number of amides is 2. The maximum Gasteiger partial charge on any atom is 0.405 e. The van der Waals surface area contributed by atoms with E-state index in [1.807, 2.05) is 12.2 Å². The number of nitrogens with two attached hydrogens (primary N) is 1. The molecule has 0 bridgehead atoms. The van der Waals surface area contributed by atoms with E-state index in [0.717, 1.165) is 6.42 Å². The lowest BCUT2D eigenvalue weighted by molar-refractivity contribution is -0.123. The molecule has 1 unspecified atom stereocenters. The third-order valence-corrected chi connectivity index (χ3v) is 3.30. The standard InChI is InChI=1S/C11H21F3N4O/c1-2-9(7-15)17-3-5-18(6-4-17)10(19)16-8-11(12,13)14/h9H,2-8,15H2,1H3,(H,16,19). The number of carbonyl (C=O) groups excluding carboxylic acids is 1. The van der Waals surface area contributed by atoms with Crippen molar-refractivity contribution in [1.29, 1.82) is 0 Å². The van der Waals surface area contributed by atoms with Gasteiger partial charge in [-0.15, -0.1) is 0 Å². The molecule has 0 aromatic heterocycles. The number of urea groups is 1. The van der Waals surface area contributed by atoms with Crippen molar-refractivity contribution in [1.82, 2.24) is 15.1 Å². The van der Waals surface area contributed by atoms with Crippen LogP contribution in [0, 0.1) is 0 Å².